The lowest BCUT2D eigenvalue weighted by atomic mass is 9.99. The molecular formula is C11H18N4O2S2. The van der Waals surface area contributed by atoms with Gasteiger partial charge in [-0.3, -0.25) is 0 Å². The van der Waals surface area contributed by atoms with Crippen molar-refractivity contribution in [1.82, 2.24) is 13.9 Å². The van der Waals surface area contributed by atoms with Crippen LogP contribution in [0, 0.1) is 5.92 Å². The van der Waals surface area contributed by atoms with Crippen LogP contribution in [0.15, 0.2) is 12.4 Å². The van der Waals surface area contributed by atoms with Crippen molar-refractivity contribution >= 4 is 27.2 Å². The number of piperidine rings is 1. The largest absolute Gasteiger partial charge is 0.387 e. The number of imidazole rings is 1. The molecule has 0 saturated carbocycles. The van der Waals surface area contributed by atoms with Crippen LogP contribution in [0.3, 0.4) is 0 Å². The third-order valence-corrected chi connectivity index (χ3v) is 4.79. The topological polar surface area (TPSA) is 81.2 Å². The van der Waals surface area contributed by atoms with Crippen LogP contribution in [0.25, 0.3) is 0 Å². The summed E-state index contributed by atoms with van der Waals surface area (Å²) in [4.78, 5) is 4.38. The molecule has 6 nitrogen and oxygen atoms in total. The number of aromatic nitrogens is 2. The molecule has 0 amide bonds. The van der Waals surface area contributed by atoms with Gasteiger partial charge in [-0.25, -0.2) is 17.7 Å². The molecule has 2 heterocycles. The van der Waals surface area contributed by atoms with E-state index in [2.05, 4.69) is 4.98 Å². The number of rotatable bonds is 4. The van der Waals surface area contributed by atoms with Gasteiger partial charge in [0.1, 0.15) is 4.99 Å². The van der Waals surface area contributed by atoms with Gasteiger partial charge in [0, 0.05) is 32.0 Å². The highest BCUT2D eigenvalue weighted by Crippen LogP contribution is 2.20. The molecule has 1 fully saturated rings. The van der Waals surface area contributed by atoms with Crippen LogP contribution in [0.4, 0.5) is 0 Å². The first-order valence-electron chi connectivity index (χ1n) is 6.14. The Kier molecular flexibility index (Phi) is 4.22. The van der Waals surface area contributed by atoms with Crippen molar-refractivity contribution in [3.8, 4) is 0 Å². The lowest BCUT2D eigenvalue weighted by Gasteiger charge is -2.31. The normalized spacial score (nSPS) is 21.4. The fourth-order valence-electron chi connectivity index (χ4n) is 2.44. The molecule has 1 aliphatic rings. The SMILES string of the molecule is CS(=O)(=O)N1CCCC(Cn2ccnc2C(N)=S)C1. The Labute approximate surface area is 118 Å². The van der Waals surface area contributed by atoms with Gasteiger partial charge in [-0.15, -0.1) is 0 Å². The summed E-state index contributed by atoms with van der Waals surface area (Å²) in [5.41, 5.74) is 5.60. The average molecular weight is 302 g/mol. The Bertz CT molecular complexity index is 567. The summed E-state index contributed by atoms with van der Waals surface area (Å²) in [5, 5.41) is 0. The Balaban J connectivity index is 2.07. The van der Waals surface area contributed by atoms with Gasteiger partial charge in [0.2, 0.25) is 10.0 Å². The summed E-state index contributed by atoms with van der Waals surface area (Å²) in [6.07, 6.45) is 6.63. The van der Waals surface area contributed by atoms with E-state index in [0.29, 0.717) is 25.5 Å². The summed E-state index contributed by atoms with van der Waals surface area (Å²) < 4.78 is 26.6. The lowest BCUT2D eigenvalue weighted by molar-refractivity contribution is 0.246. The fourth-order valence-corrected chi connectivity index (χ4v) is 3.55. The zero-order valence-corrected chi connectivity index (χ0v) is 12.5. The molecule has 1 aliphatic heterocycles. The van der Waals surface area contributed by atoms with Crippen LogP contribution in [-0.4, -0.2) is 46.6 Å². The Morgan fingerprint density at radius 1 is 1.63 bits per heavy atom. The van der Waals surface area contributed by atoms with Crippen molar-refractivity contribution in [2.45, 2.75) is 19.4 Å². The highest BCUT2D eigenvalue weighted by molar-refractivity contribution is 7.88. The number of nitrogens with zero attached hydrogens (tertiary/aromatic N) is 3. The quantitative estimate of drug-likeness (QED) is 0.803. The van der Waals surface area contributed by atoms with Crippen LogP contribution >= 0.6 is 12.2 Å². The number of hydrogen-bond acceptors (Lipinski definition) is 4. The van der Waals surface area contributed by atoms with E-state index in [9.17, 15) is 8.42 Å². The smallest absolute Gasteiger partial charge is 0.211 e. The lowest BCUT2D eigenvalue weighted by Crippen LogP contribution is -2.40. The highest BCUT2D eigenvalue weighted by Gasteiger charge is 2.26. The van der Waals surface area contributed by atoms with Crippen molar-refractivity contribution in [3.05, 3.63) is 18.2 Å². The molecule has 0 bridgehead atoms. The van der Waals surface area contributed by atoms with E-state index in [1.54, 1.807) is 10.5 Å². The summed E-state index contributed by atoms with van der Waals surface area (Å²) in [6, 6.07) is 0. The third kappa shape index (κ3) is 3.52. The summed E-state index contributed by atoms with van der Waals surface area (Å²) in [6.45, 7) is 1.86. The van der Waals surface area contributed by atoms with Crippen LogP contribution in [0.1, 0.15) is 18.7 Å². The van der Waals surface area contributed by atoms with E-state index in [1.165, 1.54) is 6.26 Å². The standard InChI is InChI=1S/C11H18N4O2S2/c1-19(16,17)15-5-2-3-9(8-15)7-14-6-4-13-11(14)10(12)18/h4,6,9H,2-3,5,7-8H2,1H3,(H2,12,18). The predicted molar refractivity (Wildman–Crippen MR) is 77.3 cm³/mol. The van der Waals surface area contributed by atoms with Crippen LogP contribution in [-0.2, 0) is 16.6 Å². The molecule has 19 heavy (non-hydrogen) atoms. The van der Waals surface area contributed by atoms with Gasteiger partial charge in [0.25, 0.3) is 0 Å². The molecule has 1 saturated heterocycles. The van der Waals surface area contributed by atoms with Crippen LogP contribution in [0.5, 0.6) is 0 Å². The van der Waals surface area contributed by atoms with Crippen molar-refractivity contribution in [3.63, 3.8) is 0 Å². The first-order chi connectivity index (χ1) is 8.88. The van der Waals surface area contributed by atoms with Gasteiger partial charge in [0.15, 0.2) is 5.82 Å². The van der Waals surface area contributed by atoms with E-state index in [-0.39, 0.29) is 10.9 Å². The first kappa shape index (κ1) is 14.4. The van der Waals surface area contributed by atoms with E-state index in [0.717, 1.165) is 12.8 Å². The van der Waals surface area contributed by atoms with Gasteiger partial charge in [-0.05, 0) is 18.8 Å². The van der Waals surface area contributed by atoms with E-state index in [1.807, 2.05) is 10.8 Å². The number of thiocarbonyl (C=S) groups is 1. The second kappa shape index (κ2) is 5.56. The molecule has 1 unspecified atom stereocenters. The number of nitrogens with two attached hydrogens (primary N) is 1. The maximum absolute atomic E-state index is 11.6. The van der Waals surface area contributed by atoms with Crippen molar-refractivity contribution in [2.75, 3.05) is 19.3 Å². The van der Waals surface area contributed by atoms with Gasteiger partial charge < -0.3 is 10.3 Å². The minimum absolute atomic E-state index is 0.265. The zero-order valence-electron chi connectivity index (χ0n) is 10.8. The van der Waals surface area contributed by atoms with Gasteiger partial charge in [0.05, 0.1) is 6.26 Å². The average Bonchev–Trinajstić information content (AvgIpc) is 2.76. The minimum atomic E-state index is -3.11. The van der Waals surface area contributed by atoms with E-state index in [4.69, 9.17) is 18.0 Å². The molecule has 1 aromatic heterocycles. The highest BCUT2D eigenvalue weighted by atomic mass is 32.2. The molecule has 8 heteroatoms. The molecule has 0 aliphatic carbocycles. The third-order valence-electron chi connectivity index (χ3n) is 3.34. The summed E-state index contributed by atoms with van der Waals surface area (Å²) in [7, 11) is -3.11. The zero-order chi connectivity index (χ0) is 14.0. The molecule has 1 aromatic rings. The fraction of sp³-hybridized carbons (Fsp3) is 0.636. The second-order valence-electron chi connectivity index (χ2n) is 4.90. The predicted octanol–water partition coefficient (Wildman–Crippen LogP) is 0.189. The summed E-state index contributed by atoms with van der Waals surface area (Å²) >= 11 is 4.94. The molecule has 1 atom stereocenters. The summed E-state index contributed by atoms with van der Waals surface area (Å²) in [5.74, 6) is 0.859. The van der Waals surface area contributed by atoms with Crippen molar-refractivity contribution in [1.29, 1.82) is 0 Å². The monoisotopic (exact) mass is 302 g/mol. The Morgan fingerprint density at radius 2 is 2.37 bits per heavy atom. The number of sulfonamides is 1. The van der Waals surface area contributed by atoms with Crippen molar-refractivity contribution < 1.29 is 8.42 Å². The maximum atomic E-state index is 11.6. The van der Waals surface area contributed by atoms with Crippen LogP contribution < -0.4 is 5.73 Å². The first-order valence-corrected chi connectivity index (χ1v) is 8.39. The molecule has 0 aromatic carbocycles. The molecule has 2 N–H and O–H groups in total. The molecule has 0 radical (unpaired) electrons. The Hall–Kier alpha value is -0.990. The van der Waals surface area contributed by atoms with Gasteiger partial charge in [-0.1, -0.05) is 12.2 Å². The minimum Gasteiger partial charge on any atom is -0.387 e. The van der Waals surface area contributed by atoms with Crippen molar-refractivity contribution in [2.24, 2.45) is 11.7 Å². The van der Waals surface area contributed by atoms with E-state index >= 15 is 0 Å². The number of hydrogen-bond donors (Lipinski definition) is 1. The molecule has 0 spiro atoms. The Morgan fingerprint density at radius 3 is 3.00 bits per heavy atom. The molecule has 2 rings (SSSR count). The van der Waals surface area contributed by atoms with Gasteiger partial charge >= 0.3 is 0 Å². The van der Waals surface area contributed by atoms with Gasteiger partial charge in [-0.2, -0.15) is 0 Å². The maximum Gasteiger partial charge on any atom is 0.211 e. The van der Waals surface area contributed by atoms with Crippen LogP contribution in [0.2, 0.25) is 0 Å². The second-order valence-corrected chi connectivity index (χ2v) is 7.32. The molecule has 106 valence electrons. The van der Waals surface area contributed by atoms with E-state index < -0.39 is 10.0 Å². The molecular weight excluding hydrogens is 284 g/mol.